The number of hydrogen-bond donors (Lipinski definition) is 2. The number of aromatic nitrogens is 1. The Labute approximate surface area is 63.0 Å². The van der Waals surface area contributed by atoms with Crippen molar-refractivity contribution in [1.29, 1.82) is 0 Å². The summed E-state index contributed by atoms with van der Waals surface area (Å²) in [5, 5.41) is 5.41. The highest BCUT2D eigenvalue weighted by Crippen LogP contribution is 2.08. The summed E-state index contributed by atoms with van der Waals surface area (Å²) < 4.78 is 4.64. The SMILES string of the molecule is Cc1cc(NC(=O)S)on1. The van der Waals surface area contributed by atoms with Crippen molar-refractivity contribution in [3.8, 4) is 0 Å². The van der Waals surface area contributed by atoms with Crippen molar-refractivity contribution in [3.05, 3.63) is 11.8 Å². The van der Waals surface area contributed by atoms with Gasteiger partial charge in [0.1, 0.15) is 0 Å². The number of anilines is 1. The topological polar surface area (TPSA) is 55.1 Å². The van der Waals surface area contributed by atoms with Crippen LogP contribution in [0.2, 0.25) is 0 Å². The minimum absolute atomic E-state index is 0.317. The zero-order chi connectivity index (χ0) is 7.56. The lowest BCUT2D eigenvalue weighted by molar-refractivity contribution is 0.269. The van der Waals surface area contributed by atoms with Crippen LogP contribution in [0, 0.1) is 6.92 Å². The molecule has 0 bridgehead atoms. The lowest BCUT2D eigenvalue weighted by Crippen LogP contribution is -1.98. The predicted molar refractivity (Wildman–Crippen MR) is 39.2 cm³/mol. The highest BCUT2D eigenvalue weighted by Gasteiger charge is 2.00. The van der Waals surface area contributed by atoms with Crippen LogP contribution in [0.15, 0.2) is 10.6 Å². The molecule has 0 aliphatic rings. The van der Waals surface area contributed by atoms with Crippen LogP contribution in [0.3, 0.4) is 0 Å². The molecule has 0 spiro atoms. The van der Waals surface area contributed by atoms with Crippen LogP contribution in [-0.2, 0) is 0 Å². The zero-order valence-electron chi connectivity index (χ0n) is 5.29. The average molecular weight is 158 g/mol. The number of aryl methyl sites for hydroxylation is 1. The van der Waals surface area contributed by atoms with E-state index < -0.39 is 5.24 Å². The summed E-state index contributed by atoms with van der Waals surface area (Å²) >= 11 is 3.48. The molecule has 0 radical (unpaired) electrons. The molecule has 0 aromatic carbocycles. The average Bonchev–Trinajstić information content (AvgIpc) is 2.13. The molecule has 0 unspecified atom stereocenters. The van der Waals surface area contributed by atoms with Crippen molar-refractivity contribution in [3.63, 3.8) is 0 Å². The first-order valence-electron chi connectivity index (χ1n) is 2.62. The molecule has 1 heterocycles. The molecule has 0 saturated carbocycles. The highest BCUT2D eigenvalue weighted by atomic mass is 32.1. The van der Waals surface area contributed by atoms with Gasteiger partial charge in [0.05, 0.1) is 5.69 Å². The normalized spacial score (nSPS) is 9.40. The molecule has 0 fully saturated rings. The van der Waals surface area contributed by atoms with E-state index >= 15 is 0 Å². The first-order valence-corrected chi connectivity index (χ1v) is 3.06. The molecule has 0 aliphatic carbocycles. The van der Waals surface area contributed by atoms with E-state index in [1.54, 1.807) is 13.0 Å². The van der Waals surface area contributed by atoms with Crippen molar-refractivity contribution in [2.75, 3.05) is 5.32 Å². The van der Waals surface area contributed by atoms with Gasteiger partial charge in [-0.1, -0.05) is 17.8 Å². The minimum atomic E-state index is -0.462. The molecule has 10 heavy (non-hydrogen) atoms. The fourth-order valence-electron chi connectivity index (χ4n) is 0.528. The van der Waals surface area contributed by atoms with Crippen LogP contribution < -0.4 is 5.32 Å². The number of rotatable bonds is 1. The molecule has 1 rings (SSSR count). The second-order valence-corrected chi connectivity index (χ2v) is 2.17. The molecule has 54 valence electrons. The van der Waals surface area contributed by atoms with Gasteiger partial charge in [-0.15, -0.1) is 0 Å². The van der Waals surface area contributed by atoms with Gasteiger partial charge in [-0.3, -0.25) is 10.1 Å². The molecule has 0 saturated heterocycles. The first-order chi connectivity index (χ1) is 4.68. The summed E-state index contributed by atoms with van der Waals surface area (Å²) in [5.74, 6) is 0.317. The van der Waals surface area contributed by atoms with E-state index in [2.05, 4.69) is 27.6 Å². The largest absolute Gasteiger partial charge is 0.338 e. The fraction of sp³-hybridized carbons (Fsp3) is 0.200. The summed E-state index contributed by atoms with van der Waals surface area (Å²) in [6.07, 6.45) is 0. The molecule has 4 nitrogen and oxygen atoms in total. The van der Waals surface area contributed by atoms with E-state index in [-0.39, 0.29) is 0 Å². The molecule has 0 aliphatic heterocycles. The molecule has 1 amide bonds. The van der Waals surface area contributed by atoms with Gasteiger partial charge in [0.2, 0.25) is 5.88 Å². The maximum Gasteiger partial charge on any atom is 0.282 e. The number of carbonyl (C=O) groups excluding carboxylic acids is 1. The van der Waals surface area contributed by atoms with Crippen LogP contribution in [-0.4, -0.2) is 10.4 Å². The number of thiol groups is 1. The van der Waals surface area contributed by atoms with E-state index in [1.165, 1.54) is 0 Å². The van der Waals surface area contributed by atoms with E-state index in [0.29, 0.717) is 5.88 Å². The standard InChI is InChI=1S/C5H6N2O2S/c1-3-2-4(9-7-3)6-5(8)10/h2H,1H3,(H2,6,8,10). The Hall–Kier alpha value is -0.970. The smallest absolute Gasteiger partial charge is 0.282 e. The number of amides is 1. The van der Waals surface area contributed by atoms with Crippen molar-refractivity contribution in [1.82, 2.24) is 5.16 Å². The highest BCUT2D eigenvalue weighted by molar-refractivity contribution is 7.96. The number of nitrogens with one attached hydrogen (secondary N) is 1. The van der Waals surface area contributed by atoms with Crippen LogP contribution in [0.25, 0.3) is 0 Å². The summed E-state index contributed by atoms with van der Waals surface area (Å²) in [6, 6.07) is 1.61. The Morgan fingerprint density at radius 3 is 3.00 bits per heavy atom. The molecular weight excluding hydrogens is 152 g/mol. The number of nitrogens with zero attached hydrogens (tertiary/aromatic N) is 1. The van der Waals surface area contributed by atoms with Crippen molar-refractivity contribution >= 4 is 23.8 Å². The fourth-order valence-corrected chi connectivity index (χ4v) is 0.638. The third-order valence-corrected chi connectivity index (χ3v) is 0.970. The zero-order valence-corrected chi connectivity index (χ0v) is 6.18. The minimum Gasteiger partial charge on any atom is -0.338 e. The van der Waals surface area contributed by atoms with Gasteiger partial charge in [-0.25, -0.2) is 0 Å². The Morgan fingerprint density at radius 2 is 2.60 bits per heavy atom. The maximum atomic E-state index is 10.3. The van der Waals surface area contributed by atoms with E-state index in [9.17, 15) is 4.79 Å². The third kappa shape index (κ3) is 1.77. The van der Waals surface area contributed by atoms with Crippen LogP contribution in [0.4, 0.5) is 10.7 Å². The van der Waals surface area contributed by atoms with Gasteiger partial charge in [0.25, 0.3) is 5.24 Å². The quantitative estimate of drug-likeness (QED) is 0.608. The second kappa shape index (κ2) is 2.74. The van der Waals surface area contributed by atoms with Gasteiger partial charge in [-0.2, -0.15) is 0 Å². The molecule has 0 atom stereocenters. The molecule has 1 aromatic heterocycles. The van der Waals surface area contributed by atoms with Gasteiger partial charge in [-0.05, 0) is 6.92 Å². The van der Waals surface area contributed by atoms with Crippen LogP contribution in [0.1, 0.15) is 5.69 Å². The summed E-state index contributed by atoms with van der Waals surface area (Å²) in [6.45, 7) is 1.76. The van der Waals surface area contributed by atoms with Gasteiger partial charge in [0, 0.05) is 6.07 Å². The van der Waals surface area contributed by atoms with Crippen molar-refractivity contribution < 1.29 is 9.32 Å². The van der Waals surface area contributed by atoms with Gasteiger partial charge in [0.15, 0.2) is 0 Å². The van der Waals surface area contributed by atoms with Crippen molar-refractivity contribution in [2.24, 2.45) is 0 Å². The predicted octanol–water partition coefficient (Wildman–Crippen LogP) is 1.44. The Kier molecular flexibility index (Phi) is 1.96. The lowest BCUT2D eigenvalue weighted by Gasteiger charge is -1.89. The summed E-state index contributed by atoms with van der Waals surface area (Å²) in [5.41, 5.74) is 0.720. The van der Waals surface area contributed by atoms with Crippen molar-refractivity contribution in [2.45, 2.75) is 6.92 Å². The van der Waals surface area contributed by atoms with Crippen LogP contribution in [0.5, 0.6) is 0 Å². The Balaban J connectivity index is 2.67. The van der Waals surface area contributed by atoms with E-state index in [1.807, 2.05) is 0 Å². The maximum absolute atomic E-state index is 10.3. The van der Waals surface area contributed by atoms with Crippen LogP contribution >= 0.6 is 12.6 Å². The molecule has 1 aromatic rings. The Bertz CT molecular complexity index is 246. The first kappa shape index (κ1) is 7.14. The lowest BCUT2D eigenvalue weighted by atomic mass is 10.5. The molecular formula is C5H6N2O2S. The van der Waals surface area contributed by atoms with Gasteiger partial charge >= 0.3 is 0 Å². The number of hydrogen-bond acceptors (Lipinski definition) is 3. The Morgan fingerprint density at radius 1 is 1.90 bits per heavy atom. The number of carbonyl (C=O) groups is 1. The van der Waals surface area contributed by atoms with E-state index in [0.717, 1.165) is 5.69 Å². The monoisotopic (exact) mass is 158 g/mol. The molecule has 1 N–H and O–H groups in total. The third-order valence-electron chi connectivity index (χ3n) is 0.858. The summed E-state index contributed by atoms with van der Waals surface area (Å²) in [7, 11) is 0. The summed E-state index contributed by atoms with van der Waals surface area (Å²) in [4.78, 5) is 10.3. The second-order valence-electron chi connectivity index (χ2n) is 1.76. The van der Waals surface area contributed by atoms with Gasteiger partial charge < -0.3 is 4.52 Å². The van der Waals surface area contributed by atoms with E-state index in [4.69, 9.17) is 0 Å². The molecule has 5 heteroatoms.